The number of hydrogen-bond acceptors (Lipinski definition) is 5. The van der Waals surface area contributed by atoms with E-state index in [0.717, 1.165) is 0 Å². The predicted octanol–water partition coefficient (Wildman–Crippen LogP) is 6.88. The first-order valence-electron chi connectivity index (χ1n) is 13.5. The van der Waals surface area contributed by atoms with Crippen LogP contribution in [0.1, 0.15) is 10.4 Å². The second-order valence-corrected chi connectivity index (χ2v) is 10.2. The summed E-state index contributed by atoms with van der Waals surface area (Å²) in [7, 11) is 0. The van der Waals surface area contributed by atoms with Crippen LogP contribution in [-0.4, -0.2) is 5.97 Å². The summed E-state index contributed by atoms with van der Waals surface area (Å²) in [5.74, 6) is -81.2. The fourth-order valence-corrected chi connectivity index (χ4v) is 4.46. The van der Waals surface area contributed by atoms with Gasteiger partial charge in [0.25, 0.3) is 0 Å². The van der Waals surface area contributed by atoms with Crippen molar-refractivity contribution in [2.24, 2.45) is 0 Å². The van der Waals surface area contributed by atoms with Gasteiger partial charge in [-0.3, -0.25) is 0 Å². The van der Waals surface area contributed by atoms with Crippen molar-refractivity contribution in [3.05, 3.63) is 128 Å². The van der Waals surface area contributed by atoms with Crippen LogP contribution in [0, 0.1) is 116 Å². The second kappa shape index (κ2) is 15.8. The molecular weight excluding hydrogens is 855 g/mol. The van der Waals surface area contributed by atoms with Crippen LogP contribution in [0.4, 0.5) is 87.8 Å². The quantitative estimate of drug-likeness (QED) is 0.0738. The number of carbonyl (C=O) groups is 1. The van der Waals surface area contributed by atoms with Gasteiger partial charge in [0, 0.05) is 11.1 Å². The molecule has 0 unspecified atom stereocenters. The molecule has 0 aliphatic rings. The summed E-state index contributed by atoms with van der Waals surface area (Å²) in [5, 5.41) is 12.3. The van der Waals surface area contributed by atoms with Crippen molar-refractivity contribution in [3.63, 3.8) is 0 Å². The Hall–Kier alpha value is -5.43. The van der Waals surface area contributed by atoms with E-state index < -0.39 is 180 Å². The molecule has 296 valence electrons. The third-order valence-electron chi connectivity index (χ3n) is 7.01. The van der Waals surface area contributed by atoms with E-state index in [1.807, 2.05) is 0 Å². The number of rotatable bonds is 8. The monoisotopic (exact) mass is 856 g/mol. The number of carbonyl (C=O) groups excluding carboxylic acids is 1. The minimum atomic E-state index is -3.17. The van der Waals surface area contributed by atoms with Gasteiger partial charge in [0.2, 0.25) is 116 Å². The second-order valence-electron chi connectivity index (χ2n) is 10.2. The summed E-state index contributed by atoms with van der Waals surface area (Å²) in [4.78, 5) is 12.3. The molecule has 0 aliphatic carbocycles. The SMILES string of the molecule is O=C([O-])c1cc(Oc2c(F)c(F)c(F)c(F)c2F)c(Oc2c(F)c(F)c(F)c(F)c2F)c(Oc2c(F)c(F)c(F)c(F)c2F)c1-c1c(F)c(F)c(F)c(F)c1F.[Na+]. The summed E-state index contributed by atoms with van der Waals surface area (Å²) in [6.45, 7) is 0. The molecule has 26 heteroatoms. The molecule has 5 aromatic carbocycles. The fourth-order valence-electron chi connectivity index (χ4n) is 4.46. The van der Waals surface area contributed by atoms with Crippen LogP contribution in [-0.2, 0) is 0 Å². The van der Waals surface area contributed by atoms with Gasteiger partial charge in [-0.05, 0) is 6.07 Å². The molecule has 0 heterocycles. The Morgan fingerprint density at radius 3 is 0.877 bits per heavy atom. The molecule has 5 aromatic rings. The number of halogens is 20. The molecule has 0 amide bonds. The normalized spacial score (nSPS) is 11.2. The number of carboxylic acids is 1. The summed E-state index contributed by atoms with van der Waals surface area (Å²) < 4.78 is 302. The zero-order valence-corrected chi connectivity index (χ0v) is 28.2. The van der Waals surface area contributed by atoms with Crippen LogP contribution in [0.5, 0.6) is 34.5 Å². The third kappa shape index (κ3) is 7.00. The van der Waals surface area contributed by atoms with Crippen molar-refractivity contribution in [1.29, 1.82) is 0 Å². The molecule has 0 N–H and O–H groups in total. The van der Waals surface area contributed by atoms with Crippen LogP contribution in [0.3, 0.4) is 0 Å². The Morgan fingerprint density at radius 1 is 0.333 bits per heavy atom. The van der Waals surface area contributed by atoms with E-state index in [2.05, 4.69) is 14.2 Å². The Morgan fingerprint density at radius 2 is 0.579 bits per heavy atom. The molecule has 5 rings (SSSR count). The van der Waals surface area contributed by atoms with Gasteiger partial charge in [-0.1, -0.05) is 0 Å². The molecule has 57 heavy (non-hydrogen) atoms. The van der Waals surface area contributed by atoms with Crippen LogP contribution in [0.25, 0.3) is 11.1 Å². The van der Waals surface area contributed by atoms with Crippen LogP contribution in [0.2, 0.25) is 0 Å². The molecule has 0 spiro atoms. The molecule has 0 radical (unpaired) electrons. The molecule has 0 bridgehead atoms. The molecule has 5 nitrogen and oxygen atoms in total. The maximum Gasteiger partial charge on any atom is 1.00 e. The standard InChI is InChI=1S/C31H2F20O5.Na/c32-6-5(7(33)9(35)10(36)8(6)34)4-2(31(52)53)1-3(54-28-20(46)14(40)11(37)15(41)21(28)47)26(55-29-22(48)16(42)12(38)17(43)23(29)49)27(4)56-30-24(50)18(44)13(39)19(45)25(30)51;/h1H,(H,52,53);/q;+1/p-1. The molecular formula is C31HF20NaO5. The average Bonchev–Trinajstić information content (AvgIpc) is 3.17. The summed E-state index contributed by atoms with van der Waals surface area (Å²) in [5.41, 5.74) is -7.70. The van der Waals surface area contributed by atoms with Crippen molar-refractivity contribution in [2.45, 2.75) is 0 Å². The van der Waals surface area contributed by atoms with Crippen LogP contribution >= 0.6 is 0 Å². The Labute approximate surface area is 320 Å². The van der Waals surface area contributed by atoms with Crippen molar-refractivity contribution >= 4 is 5.97 Å². The van der Waals surface area contributed by atoms with Crippen molar-refractivity contribution in [1.82, 2.24) is 0 Å². The summed E-state index contributed by atoms with van der Waals surface area (Å²) >= 11 is 0. The minimum Gasteiger partial charge on any atom is -0.545 e. The maximum atomic E-state index is 15.2. The molecule has 0 saturated heterocycles. The third-order valence-corrected chi connectivity index (χ3v) is 7.01. The summed E-state index contributed by atoms with van der Waals surface area (Å²) in [6, 6.07) is -0.659. The zero-order valence-electron chi connectivity index (χ0n) is 26.2. The Bertz CT molecular complexity index is 2450. The van der Waals surface area contributed by atoms with Crippen molar-refractivity contribution in [2.75, 3.05) is 0 Å². The first-order valence-corrected chi connectivity index (χ1v) is 13.5. The van der Waals surface area contributed by atoms with Gasteiger partial charge in [0.1, 0.15) is 0 Å². The van der Waals surface area contributed by atoms with E-state index in [-0.39, 0.29) is 29.6 Å². The maximum absolute atomic E-state index is 15.2. The van der Waals surface area contributed by atoms with Gasteiger partial charge in [-0.15, -0.1) is 0 Å². The van der Waals surface area contributed by atoms with E-state index in [1.54, 1.807) is 0 Å². The smallest absolute Gasteiger partial charge is 0.545 e. The molecule has 0 saturated carbocycles. The predicted molar refractivity (Wildman–Crippen MR) is 135 cm³/mol. The van der Waals surface area contributed by atoms with Gasteiger partial charge >= 0.3 is 29.6 Å². The molecule has 0 aromatic heterocycles. The van der Waals surface area contributed by atoms with E-state index in [4.69, 9.17) is 0 Å². The first-order chi connectivity index (χ1) is 26.0. The van der Waals surface area contributed by atoms with Gasteiger partial charge in [-0.25, -0.2) is 61.5 Å². The van der Waals surface area contributed by atoms with Crippen LogP contribution in [0.15, 0.2) is 6.07 Å². The zero-order chi connectivity index (χ0) is 42.1. The van der Waals surface area contributed by atoms with E-state index in [0.29, 0.717) is 0 Å². The average molecular weight is 856 g/mol. The van der Waals surface area contributed by atoms with E-state index in [1.165, 1.54) is 0 Å². The van der Waals surface area contributed by atoms with E-state index in [9.17, 15) is 88.9 Å². The molecule has 0 atom stereocenters. The summed E-state index contributed by atoms with van der Waals surface area (Å²) in [6.07, 6.45) is 0. The van der Waals surface area contributed by atoms with E-state index >= 15 is 8.78 Å². The number of hydrogen-bond donors (Lipinski definition) is 0. The number of aromatic carboxylic acids is 1. The van der Waals surface area contributed by atoms with Crippen molar-refractivity contribution in [3.8, 4) is 45.6 Å². The number of carboxylic acid groups (broad SMARTS) is 1. The molecule has 0 fully saturated rings. The number of benzene rings is 5. The van der Waals surface area contributed by atoms with Gasteiger partial charge in [-0.2, -0.15) is 26.3 Å². The number of ether oxygens (including phenoxy) is 3. The van der Waals surface area contributed by atoms with Gasteiger partial charge < -0.3 is 24.1 Å². The first kappa shape index (κ1) is 44.3. The Kier molecular flexibility index (Phi) is 12.3. The molecule has 0 aliphatic heterocycles. The van der Waals surface area contributed by atoms with Crippen LogP contribution < -0.4 is 48.9 Å². The minimum absolute atomic E-state index is 0. The van der Waals surface area contributed by atoms with Crippen molar-refractivity contribution < 1.29 is 141 Å². The van der Waals surface area contributed by atoms with Gasteiger partial charge in [0.15, 0.2) is 34.8 Å². The Balaban J connectivity index is 0.00000720. The fraction of sp³-hybridized carbons (Fsp3) is 0. The largest absolute Gasteiger partial charge is 1.00 e. The van der Waals surface area contributed by atoms with Gasteiger partial charge in [0.05, 0.1) is 11.5 Å². The topological polar surface area (TPSA) is 67.8 Å².